The van der Waals surface area contributed by atoms with Gasteiger partial charge in [0.05, 0.1) is 0 Å². The lowest BCUT2D eigenvalue weighted by Crippen LogP contribution is -2.22. The zero-order valence-corrected chi connectivity index (χ0v) is 9.12. The highest BCUT2D eigenvalue weighted by Crippen LogP contribution is 2.35. The first-order valence-corrected chi connectivity index (χ1v) is 5.38. The average molecular weight is 229 g/mol. The average Bonchev–Trinajstić information content (AvgIpc) is 2.60. The quantitative estimate of drug-likeness (QED) is 0.728. The van der Waals surface area contributed by atoms with E-state index in [2.05, 4.69) is 11.9 Å². The van der Waals surface area contributed by atoms with Crippen LogP contribution in [0.1, 0.15) is 22.5 Å². The predicted octanol–water partition coefficient (Wildman–Crippen LogP) is 2.29. The fourth-order valence-corrected chi connectivity index (χ4v) is 2.13. The lowest BCUT2D eigenvalue weighted by atomic mass is 10.0. The van der Waals surface area contributed by atoms with Crippen molar-refractivity contribution < 1.29 is 14.3 Å². The third-order valence-corrected chi connectivity index (χ3v) is 2.94. The molecule has 86 valence electrons. The van der Waals surface area contributed by atoms with Crippen molar-refractivity contribution in [1.82, 2.24) is 5.32 Å². The third-order valence-electron chi connectivity index (χ3n) is 2.94. The van der Waals surface area contributed by atoms with Gasteiger partial charge in [0.15, 0.2) is 5.76 Å². The molecule has 0 aliphatic carbocycles. The summed E-state index contributed by atoms with van der Waals surface area (Å²) in [7, 11) is 0. The first-order valence-electron chi connectivity index (χ1n) is 5.38. The van der Waals surface area contributed by atoms with Crippen molar-refractivity contribution in [1.29, 1.82) is 0 Å². The van der Waals surface area contributed by atoms with E-state index in [0.29, 0.717) is 24.1 Å². The van der Waals surface area contributed by atoms with Crippen LogP contribution in [0.3, 0.4) is 0 Å². The van der Waals surface area contributed by atoms with E-state index in [9.17, 15) is 9.90 Å². The Morgan fingerprint density at radius 1 is 1.41 bits per heavy atom. The predicted molar refractivity (Wildman–Crippen MR) is 63.9 cm³/mol. The Labute approximate surface area is 97.5 Å². The highest BCUT2D eigenvalue weighted by atomic mass is 16.3. The van der Waals surface area contributed by atoms with Gasteiger partial charge >= 0.3 is 0 Å². The number of fused-ring (bicyclic) bond motifs is 3. The van der Waals surface area contributed by atoms with Gasteiger partial charge in [-0.2, -0.15) is 0 Å². The molecule has 1 amide bonds. The molecule has 0 saturated heterocycles. The van der Waals surface area contributed by atoms with Crippen LogP contribution in [0.25, 0.3) is 16.5 Å². The van der Waals surface area contributed by atoms with Crippen LogP contribution in [0, 0.1) is 0 Å². The molecule has 4 nitrogen and oxygen atoms in total. The summed E-state index contributed by atoms with van der Waals surface area (Å²) in [5.41, 5.74) is 2.15. The Hall–Kier alpha value is -2.23. The number of rotatable bonds is 0. The van der Waals surface area contributed by atoms with Gasteiger partial charge < -0.3 is 14.8 Å². The summed E-state index contributed by atoms with van der Waals surface area (Å²) in [6, 6.07) is 4.78. The normalized spacial score (nSPS) is 15.5. The molecule has 0 saturated carbocycles. The molecule has 0 spiro atoms. The molecule has 17 heavy (non-hydrogen) atoms. The fraction of sp³-hybridized carbons (Fsp3) is 0.154. The SMILES string of the molecule is C=C1CCNC(=O)c2oc3ccc(O)cc3c21. The van der Waals surface area contributed by atoms with Crippen LogP contribution in [0.5, 0.6) is 5.75 Å². The summed E-state index contributed by atoms with van der Waals surface area (Å²) in [6.07, 6.45) is 0.684. The molecule has 1 aliphatic rings. The number of benzene rings is 1. The minimum atomic E-state index is -0.227. The summed E-state index contributed by atoms with van der Waals surface area (Å²) >= 11 is 0. The largest absolute Gasteiger partial charge is 0.508 e. The van der Waals surface area contributed by atoms with Crippen molar-refractivity contribution in [2.24, 2.45) is 0 Å². The molecular weight excluding hydrogens is 218 g/mol. The first-order chi connectivity index (χ1) is 8.16. The van der Waals surface area contributed by atoms with Gasteiger partial charge in [0.1, 0.15) is 11.3 Å². The van der Waals surface area contributed by atoms with E-state index < -0.39 is 0 Å². The van der Waals surface area contributed by atoms with E-state index >= 15 is 0 Å². The van der Waals surface area contributed by atoms with E-state index in [1.165, 1.54) is 6.07 Å². The number of phenols is 1. The maximum absolute atomic E-state index is 11.8. The third kappa shape index (κ3) is 1.41. The second kappa shape index (κ2) is 3.38. The van der Waals surface area contributed by atoms with Gasteiger partial charge in [-0.05, 0) is 30.2 Å². The molecule has 3 rings (SSSR count). The minimum absolute atomic E-state index is 0.151. The number of hydrogen-bond acceptors (Lipinski definition) is 3. The summed E-state index contributed by atoms with van der Waals surface area (Å²) in [6.45, 7) is 4.53. The standard InChI is InChI=1S/C13H11NO3/c1-7-4-5-14-13(16)12-11(7)9-6-8(15)2-3-10(9)17-12/h2-3,6,15H,1,4-5H2,(H,14,16). The zero-order valence-electron chi connectivity index (χ0n) is 9.12. The van der Waals surface area contributed by atoms with E-state index in [1.54, 1.807) is 12.1 Å². The Kier molecular flexibility index (Phi) is 1.98. The smallest absolute Gasteiger partial charge is 0.287 e. The van der Waals surface area contributed by atoms with Gasteiger partial charge in [0.2, 0.25) is 0 Å². The van der Waals surface area contributed by atoms with Gasteiger partial charge in [0.25, 0.3) is 5.91 Å². The summed E-state index contributed by atoms with van der Waals surface area (Å²) < 4.78 is 5.52. The number of nitrogens with one attached hydrogen (secondary N) is 1. The van der Waals surface area contributed by atoms with Crippen LogP contribution in [-0.2, 0) is 0 Å². The van der Waals surface area contributed by atoms with Crippen molar-refractivity contribution in [2.75, 3.05) is 6.54 Å². The van der Waals surface area contributed by atoms with Crippen LogP contribution >= 0.6 is 0 Å². The Morgan fingerprint density at radius 2 is 2.24 bits per heavy atom. The van der Waals surface area contributed by atoms with Crippen molar-refractivity contribution in [3.8, 4) is 5.75 Å². The molecule has 2 N–H and O–H groups in total. The van der Waals surface area contributed by atoms with Crippen LogP contribution < -0.4 is 5.32 Å². The fourth-order valence-electron chi connectivity index (χ4n) is 2.13. The molecule has 1 aromatic heterocycles. The molecule has 0 fully saturated rings. The number of hydrogen-bond donors (Lipinski definition) is 2. The molecule has 2 heterocycles. The van der Waals surface area contributed by atoms with Gasteiger partial charge in [0, 0.05) is 17.5 Å². The lowest BCUT2D eigenvalue weighted by molar-refractivity contribution is 0.0931. The molecule has 0 atom stereocenters. The number of furan rings is 1. The maximum Gasteiger partial charge on any atom is 0.287 e. The Morgan fingerprint density at radius 3 is 3.06 bits per heavy atom. The van der Waals surface area contributed by atoms with Gasteiger partial charge in [-0.25, -0.2) is 0 Å². The second-order valence-electron chi connectivity index (χ2n) is 4.10. The van der Waals surface area contributed by atoms with E-state index in [4.69, 9.17) is 4.42 Å². The van der Waals surface area contributed by atoms with Crippen LogP contribution in [0.15, 0.2) is 29.2 Å². The highest BCUT2D eigenvalue weighted by molar-refractivity contribution is 6.05. The van der Waals surface area contributed by atoms with Crippen LogP contribution in [0.2, 0.25) is 0 Å². The van der Waals surface area contributed by atoms with Gasteiger partial charge in [-0.1, -0.05) is 6.58 Å². The summed E-state index contributed by atoms with van der Waals surface area (Å²) in [4.78, 5) is 11.8. The number of amides is 1. The molecule has 4 heteroatoms. The molecule has 2 aromatic rings. The van der Waals surface area contributed by atoms with E-state index in [1.807, 2.05) is 0 Å². The number of carbonyl (C=O) groups is 1. The number of aromatic hydroxyl groups is 1. The van der Waals surface area contributed by atoms with E-state index in [-0.39, 0.29) is 17.4 Å². The lowest BCUT2D eigenvalue weighted by Gasteiger charge is -2.00. The Balaban J connectivity index is 2.38. The van der Waals surface area contributed by atoms with Crippen molar-refractivity contribution >= 4 is 22.4 Å². The molecule has 1 aromatic carbocycles. The monoisotopic (exact) mass is 229 g/mol. The second-order valence-corrected chi connectivity index (χ2v) is 4.10. The van der Waals surface area contributed by atoms with Crippen molar-refractivity contribution in [3.05, 3.63) is 36.1 Å². The molecular formula is C13H11NO3. The van der Waals surface area contributed by atoms with Crippen molar-refractivity contribution in [2.45, 2.75) is 6.42 Å². The summed E-state index contributed by atoms with van der Waals surface area (Å²) in [5, 5.41) is 13.0. The van der Waals surface area contributed by atoms with Crippen LogP contribution in [-0.4, -0.2) is 17.6 Å². The zero-order chi connectivity index (χ0) is 12.0. The van der Waals surface area contributed by atoms with Gasteiger partial charge in [-0.3, -0.25) is 4.79 Å². The van der Waals surface area contributed by atoms with Crippen LogP contribution in [0.4, 0.5) is 0 Å². The van der Waals surface area contributed by atoms with E-state index in [0.717, 1.165) is 11.0 Å². The number of phenolic OH excluding ortho intramolecular Hbond substituents is 1. The molecule has 0 bridgehead atoms. The molecule has 0 unspecified atom stereocenters. The number of carbonyl (C=O) groups excluding carboxylic acids is 1. The first kappa shape index (κ1) is 9.96. The maximum atomic E-state index is 11.8. The van der Waals surface area contributed by atoms with Crippen molar-refractivity contribution in [3.63, 3.8) is 0 Å². The van der Waals surface area contributed by atoms with Gasteiger partial charge in [-0.15, -0.1) is 0 Å². The topological polar surface area (TPSA) is 62.5 Å². The summed E-state index contributed by atoms with van der Waals surface area (Å²) in [5.74, 6) is 0.209. The minimum Gasteiger partial charge on any atom is -0.508 e. The molecule has 0 radical (unpaired) electrons. The Bertz CT molecular complexity index is 639. The highest BCUT2D eigenvalue weighted by Gasteiger charge is 2.24. The molecule has 1 aliphatic heterocycles.